The van der Waals surface area contributed by atoms with Crippen molar-refractivity contribution in [1.29, 1.82) is 0 Å². The number of benzene rings is 7. The zero-order valence-corrected chi connectivity index (χ0v) is 34.2. The zero-order chi connectivity index (χ0) is 50.6. The molecule has 0 aliphatic carbocycles. The molecule has 1 unspecified atom stereocenters. The molecule has 0 saturated carbocycles. The smallest absolute Gasteiger partial charge is 0.308 e. The molecule has 0 aliphatic heterocycles. The van der Waals surface area contributed by atoms with Crippen molar-refractivity contribution in [3.05, 3.63) is 189 Å². The van der Waals surface area contributed by atoms with Crippen LogP contribution in [-0.2, 0) is 21.4 Å². The van der Waals surface area contributed by atoms with E-state index < -0.39 is 144 Å². The monoisotopic (exact) mass is 1000 g/mol. The van der Waals surface area contributed by atoms with Crippen LogP contribution in [0.2, 0.25) is 0 Å². The minimum atomic E-state index is -7.22. The maximum atomic E-state index is 15.4. The molecule has 0 aromatic heterocycles. The maximum absolute atomic E-state index is 15.4. The SMILES string of the molecule is CC(=O)Oc1ccc([S+](C)Cc2cccc3ccccc23)cc1.Fc1c(F)c(F)c([B-](c2c(F)c(F)c(F)c(F)c2F)(c2c(F)c(F)c(F)c(F)c2F)c2c(F)c(F)c(F)c(F)c2F)c(F)c1F. The van der Waals surface area contributed by atoms with Gasteiger partial charge in [-0.2, -0.15) is 0 Å². The fraction of sp³-hybridized carbons (Fsp3) is 0.0682. The highest BCUT2D eigenvalue weighted by atomic mass is 32.2. The second-order valence-corrected chi connectivity index (χ2v) is 16.3. The van der Waals surface area contributed by atoms with E-state index >= 15 is 35.1 Å². The van der Waals surface area contributed by atoms with Crippen LogP contribution in [0.5, 0.6) is 5.75 Å². The van der Waals surface area contributed by atoms with Crippen LogP contribution in [0.25, 0.3) is 10.8 Å². The molecule has 0 fully saturated rings. The number of esters is 1. The lowest BCUT2D eigenvalue weighted by atomic mass is 9.12. The van der Waals surface area contributed by atoms with Gasteiger partial charge in [0.05, 0.1) is 0 Å². The largest absolute Gasteiger partial charge is 0.427 e. The molecule has 0 bridgehead atoms. The van der Waals surface area contributed by atoms with Crippen LogP contribution in [-0.4, -0.2) is 18.4 Å². The Labute approximate surface area is 370 Å². The Balaban J connectivity index is 0.000000276. The minimum absolute atomic E-state index is 0.0982. The normalized spacial score (nSPS) is 12.0. The summed E-state index contributed by atoms with van der Waals surface area (Å²) < 4.78 is 299. The van der Waals surface area contributed by atoms with Crippen LogP contribution in [0, 0.1) is 116 Å². The van der Waals surface area contributed by atoms with Gasteiger partial charge in [-0.3, -0.25) is 4.79 Å². The van der Waals surface area contributed by atoms with E-state index in [-0.39, 0.29) is 16.9 Å². The van der Waals surface area contributed by atoms with Crippen molar-refractivity contribution in [1.82, 2.24) is 0 Å². The van der Waals surface area contributed by atoms with E-state index in [0.717, 1.165) is 5.75 Å². The van der Waals surface area contributed by atoms with Gasteiger partial charge in [0.15, 0.2) is 74.7 Å². The van der Waals surface area contributed by atoms with Crippen molar-refractivity contribution < 1.29 is 97.3 Å². The van der Waals surface area contributed by atoms with Gasteiger partial charge in [-0.25, -0.2) is 87.8 Å². The molecular formula is C44H19BF20O2S. The molecule has 7 aromatic rings. The third-order valence-electron chi connectivity index (χ3n) is 10.4. The Bertz CT molecular complexity index is 2800. The van der Waals surface area contributed by atoms with Crippen LogP contribution >= 0.6 is 0 Å². The van der Waals surface area contributed by atoms with Gasteiger partial charge in [-0.1, -0.05) is 42.5 Å². The maximum Gasteiger partial charge on any atom is 0.308 e. The summed E-state index contributed by atoms with van der Waals surface area (Å²) in [5.41, 5.74) is -13.0. The first kappa shape index (κ1) is 50.7. The fourth-order valence-electron chi connectivity index (χ4n) is 7.52. The van der Waals surface area contributed by atoms with E-state index in [1.54, 1.807) is 0 Å². The summed E-state index contributed by atoms with van der Waals surface area (Å²) in [6.45, 7) is 1.42. The van der Waals surface area contributed by atoms with Crippen molar-refractivity contribution in [3.8, 4) is 5.75 Å². The van der Waals surface area contributed by atoms with Gasteiger partial charge in [0.25, 0.3) is 0 Å². The molecule has 68 heavy (non-hydrogen) atoms. The first-order valence-electron chi connectivity index (χ1n) is 18.4. The number of hydrogen-bond acceptors (Lipinski definition) is 2. The Hall–Kier alpha value is -6.72. The molecule has 0 saturated heterocycles. The van der Waals surface area contributed by atoms with Gasteiger partial charge >= 0.3 is 5.97 Å². The number of halogens is 20. The molecule has 7 rings (SSSR count). The molecular weight excluding hydrogens is 983 g/mol. The highest BCUT2D eigenvalue weighted by Crippen LogP contribution is 2.31. The van der Waals surface area contributed by atoms with Gasteiger partial charge in [0, 0.05) is 23.4 Å². The van der Waals surface area contributed by atoms with E-state index in [0.29, 0.717) is 5.75 Å². The van der Waals surface area contributed by atoms with Crippen LogP contribution in [0.1, 0.15) is 12.5 Å². The number of ether oxygens (including phenoxy) is 1. The lowest BCUT2D eigenvalue weighted by molar-refractivity contribution is -0.131. The lowest BCUT2D eigenvalue weighted by Gasteiger charge is -2.44. The van der Waals surface area contributed by atoms with Gasteiger partial charge in [-0.15, -0.1) is 21.9 Å². The highest BCUT2D eigenvalue weighted by Gasteiger charge is 2.52. The summed E-state index contributed by atoms with van der Waals surface area (Å²) in [6, 6.07) is 22.8. The number of carbonyl (C=O) groups is 1. The summed E-state index contributed by atoms with van der Waals surface area (Å²) in [7, 11) is 0.0982. The third kappa shape index (κ3) is 8.25. The highest BCUT2D eigenvalue weighted by molar-refractivity contribution is 7.95. The van der Waals surface area contributed by atoms with Gasteiger partial charge in [0.2, 0.25) is 0 Å². The van der Waals surface area contributed by atoms with Crippen molar-refractivity contribution in [2.45, 2.75) is 17.6 Å². The lowest BCUT2D eigenvalue weighted by Crippen LogP contribution is -2.81. The summed E-state index contributed by atoms with van der Waals surface area (Å²) in [5, 5.41) is 2.61. The summed E-state index contributed by atoms with van der Waals surface area (Å²) in [4.78, 5) is 12.2. The minimum Gasteiger partial charge on any atom is -0.427 e. The van der Waals surface area contributed by atoms with Crippen molar-refractivity contribution in [2.24, 2.45) is 0 Å². The number of fused-ring (bicyclic) bond motifs is 1. The van der Waals surface area contributed by atoms with Crippen LogP contribution in [0.4, 0.5) is 87.8 Å². The number of rotatable bonds is 8. The van der Waals surface area contributed by atoms with E-state index in [2.05, 4.69) is 48.7 Å². The van der Waals surface area contributed by atoms with E-state index in [4.69, 9.17) is 4.74 Å². The van der Waals surface area contributed by atoms with Crippen molar-refractivity contribution in [2.75, 3.05) is 6.26 Å². The Kier molecular flexibility index (Phi) is 14.2. The predicted molar refractivity (Wildman–Crippen MR) is 206 cm³/mol. The second-order valence-electron chi connectivity index (χ2n) is 14.3. The van der Waals surface area contributed by atoms with E-state index in [1.165, 1.54) is 28.2 Å². The first-order chi connectivity index (χ1) is 31.8. The average Bonchev–Trinajstić information content (AvgIpc) is 3.31. The van der Waals surface area contributed by atoms with Crippen LogP contribution < -0.4 is 26.6 Å². The zero-order valence-electron chi connectivity index (χ0n) is 33.4. The molecule has 0 spiro atoms. The number of carbonyl (C=O) groups excluding carboxylic acids is 1. The Morgan fingerprint density at radius 2 is 0.706 bits per heavy atom. The number of hydrogen-bond donors (Lipinski definition) is 0. The first-order valence-corrected chi connectivity index (χ1v) is 20.2. The molecule has 1 atom stereocenters. The molecule has 0 radical (unpaired) electrons. The average molecular weight is 1000 g/mol. The molecule has 0 heterocycles. The van der Waals surface area contributed by atoms with Crippen LogP contribution in [0.3, 0.4) is 0 Å². The second kappa shape index (κ2) is 19.1. The third-order valence-corrected chi connectivity index (χ3v) is 12.3. The van der Waals surface area contributed by atoms with Crippen LogP contribution in [0.15, 0.2) is 71.6 Å². The van der Waals surface area contributed by atoms with Gasteiger partial charge in [0.1, 0.15) is 70.4 Å². The summed E-state index contributed by atoms with van der Waals surface area (Å²) in [5.74, 6) is -70.1. The summed E-state index contributed by atoms with van der Waals surface area (Å²) >= 11 is 0. The Morgan fingerprint density at radius 3 is 1.03 bits per heavy atom. The molecule has 2 nitrogen and oxygen atoms in total. The molecule has 7 aromatic carbocycles. The van der Waals surface area contributed by atoms with E-state index in [9.17, 15) is 57.5 Å². The van der Waals surface area contributed by atoms with Crippen molar-refractivity contribution in [3.63, 3.8) is 0 Å². The molecule has 0 N–H and O–H groups in total. The molecule has 24 heteroatoms. The molecule has 0 amide bonds. The predicted octanol–water partition coefficient (Wildman–Crippen LogP) is 10.4. The standard InChI is InChI=1S/C24BF20.C20H19O2S/c26-5-1(6(27)14(35)21(42)13(5)34)25(2-7(28)15(36)22(43)16(37)8(2)29,3-9(30)17(38)23(44)18(39)10(3)31)4-11(32)19(40)24(45)20(41)12(4)33;1-15(21)22-18-10-12-19(13-11-18)23(2)14-17-8-5-7-16-6-3-4-9-20(16)17/h;3-13H,14H2,1-2H3/q-1;+1. The fourth-order valence-corrected chi connectivity index (χ4v) is 9.00. The topological polar surface area (TPSA) is 26.3 Å². The van der Waals surface area contributed by atoms with Crippen molar-refractivity contribution >= 4 is 55.6 Å². The van der Waals surface area contributed by atoms with Gasteiger partial charge < -0.3 is 4.74 Å². The summed E-state index contributed by atoms with van der Waals surface area (Å²) in [6.07, 6.45) is -4.96. The Morgan fingerprint density at radius 1 is 0.412 bits per heavy atom. The quantitative estimate of drug-likeness (QED) is 0.0289. The van der Waals surface area contributed by atoms with E-state index in [1.807, 2.05) is 24.3 Å². The molecule has 356 valence electrons. The molecule has 0 aliphatic rings. The van der Waals surface area contributed by atoms with Gasteiger partial charge in [-0.05, 0) is 35.0 Å².